The van der Waals surface area contributed by atoms with E-state index in [4.69, 9.17) is 28.8 Å². The van der Waals surface area contributed by atoms with Gasteiger partial charge in [0.1, 0.15) is 17.1 Å². The van der Waals surface area contributed by atoms with Crippen molar-refractivity contribution in [1.29, 1.82) is 0 Å². The fourth-order valence-corrected chi connectivity index (χ4v) is 7.57. The number of pyridine rings is 1. The predicted molar refractivity (Wildman–Crippen MR) is 220 cm³/mol. The number of likely N-dealkylation sites (N-methyl/N-ethyl adjacent to an activating group) is 2. The van der Waals surface area contributed by atoms with Crippen LogP contribution in [0.15, 0.2) is 95.1 Å². The fraction of sp³-hybridized carbons (Fsp3) is 0.275. The lowest BCUT2D eigenvalue weighted by Crippen LogP contribution is -2.57. The topological polar surface area (TPSA) is 218 Å². The maximum absolute atomic E-state index is 14.4. The monoisotopic (exact) mass is 798 g/mol. The molecule has 0 bridgehead atoms. The van der Waals surface area contributed by atoms with E-state index in [2.05, 4.69) is 25.9 Å². The number of hydrogen-bond donors (Lipinski definition) is 7. The lowest BCUT2D eigenvalue weighted by Gasteiger charge is -2.30. The van der Waals surface area contributed by atoms with Gasteiger partial charge in [0, 0.05) is 79.9 Å². The zero-order chi connectivity index (χ0) is 40.4. The molecule has 2 aromatic heterocycles. The van der Waals surface area contributed by atoms with E-state index in [1.165, 1.54) is 23.7 Å². The molecule has 0 unspecified atom stereocenters. The van der Waals surface area contributed by atoms with Crippen LogP contribution in [-0.4, -0.2) is 96.4 Å². The van der Waals surface area contributed by atoms with Crippen molar-refractivity contribution in [1.82, 2.24) is 35.7 Å². The molecule has 14 nitrogen and oxygen atoms in total. The number of amides is 5. The van der Waals surface area contributed by atoms with Crippen molar-refractivity contribution < 1.29 is 19.2 Å². The minimum Gasteiger partial charge on any atom is -0.361 e. The Morgan fingerprint density at radius 2 is 1.68 bits per heavy atom. The number of hydrogen-bond acceptors (Lipinski definition) is 9. The molecule has 16 heteroatoms. The predicted octanol–water partition coefficient (Wildman–Crippen LogP) is 3.47. The summed E-state index contributed by atoms with van der Waals surface area (Å²) in [6.07, 6.45) is 3.62. The van der Waals surface area contributed by atoms with Crippen LogP contribution >= 0.6 is 23.4 Å². The van der Waals surface area contributed by atoms with Crippen LogP contribution in [0.5, 0.6) is 0 Å². The number of carbonyl (C=O) groups is 4. The van der Waals surface area contributed by atoms with E-state index in [0.717, 1.165) is 33.2 Å². The van der Waals surface area contributed by atoms with Crippen molar-refractivity contribution in [2.75, 3.05) is 40.8 Å². The Balaban J connectivity index is 1.52. The van der Waals surface area contributed by atoms with Crippen LogP contribution in [0.1, 0.15) is 27.0 Å². The second kappa shape index (κ2) is 19.4. The van der Waals surface area contributed by atoms with Gasteiger partial charge in [0.2, 0.25) is 11.8 Å². The van der Waals surface area contributed by atoms with E-state index in [1.54, 1.807) is 24.4 Å². The molecule has 2 heterocycles. The highest BCUT2D eigenvalue weighted by Gasteiger charge is 2.32. The van der Waals surface area contributed by atoms with E-state index in [-0.39, 0.29) is 32.0 Å². The molecule has 5 rings (SSSR count). The first kappa shape index (κ1) is 41.7. The quantitative estimate of drug-likeness (QED) is 0.0732. The Kier molecular flexibility index (Phi) is 14.5. The van der Waals surface area contributed by atoms with Crippen LogP contribution in [0.3, 0.4) is 0 Å². The summed E-state index contributed by atoms with van der Waals surface area (Å²) in [5.41, 5.74) is 22.5. The summed E-state index contributed by atoms with van der Waals surface area (Å²) in [6, 6.07) is 19.1. The second-order valence-electron chi connectivity index (χ2n) is 13.4. The number of urea groups is 1. The van der Waals surface area contributed by atoms with Crippen LogP contribution in [0.2, 0.25) is 5.02 Å². The molecule has 3 aromatic carbocycles. The first-order valence-corrected chi connectivity index (χ1v) is 19.1. The molecule has 294 valence electrons. The molecule has 5 aromatic rings. The Hall–Kier alpha value is -5.45. The van der Waals surface area contributed by atoms with Crippen LogP contribution in [0.4, 0.5) is 4.79 Å². The third-order valence-electron chi connectivity index (χ3n) is 9.28. The number of primary amides is 1. The van der Waals surface area contributed by atoms with Gasteiger partial charge in [0.25, 0.3) is 5.91 Å². The maximum atomic E-state index is 14.4. The highest BCUT2D eigenvalue weighted by molar-refractivity contribution is 7.99. The van der Waals surface area contributed by atoms with E-state index in [9.17, 15) is 19.2 Å². The third kappa shape index (κ3) is 10.2. The summed E-state index contributed by atoms with van der Waals surface area (Å²) >= 11 is 8.25. The number of carbonyl (C=O) groups excluding carboxylic acids is 4. The third-order valence-corrected chi connectivity index (χ3v) is 10.9. The lowest BCUT2D eigenvalue weighted by atomic mass is 9.97. The molecule has 0 spiro atoms. The molecule has 0 saturated heterocycles. The van der Waals surface area contributed by atoms with Gasteiger partial charge < -0.3 is 47.9 Å². The molecule has 0 aliphatic heterocycles. The number of H-pyrrole nitrogens is 1. The highest BCUT2D eigenvalue weighted by atomic mass is 35.5. The van der Waals surface area contributed by atoms with E-state index >= 15 is 0 Å². The smallest absolute Gasteiger partial charge is 0.312 e. The van der Waals surface area contributed by atoms with Crippen molar-refractivity contribution in [3.05, 3.63) is 112 Å². The van der Waals surface area contributed by atoms with Crippen LogP contribution in [0, 0.1) is 0 Å². The van der Waals surface area contributed by atoms with Crippen LogP contribution < -0.4 is 33.2 Å². The van der Waals surface area contributed by atoms with Gasteiger partial charge >= 0.3 is 6.03 Å². The van der Waals surface area contributed by atoms with Crippen LogP contribution in [-0.2, 0) is 29.1 Å². The van der Waals surface area contributed by atoms with Crippen molar-refractivity contribution in [3.63, 3.8) is 0 Å². The minimum absolute atomic E-state index is 0.000886. The number of fused-ring (bicyclic) bond motifs is 1. The van der Waals surface area contributed by atoms with Crippen molar-refractivity contribution >= 4 is 58.0 Å². The van der Waals surface area contributed by atoms with Crippen molar-refractivity contribution in [2.45, 2.75) is 41.5 Å². The molecule has 56 heavy (non-hydrogen) atoms. The van der Waals surface area contributed by atoms with Gasteiger partial charge in [-0.05, 0) is 72.2 Å². The molecule has 0 saturated carbocycles. The number of aromatic amines is 1. The summed E-state index contributed by atoms with van der Waals surface area (Å²) in [4.78, 5) is 64.4. The SMILES string of the molecule is CN(C)CCNC(=O)c1ccc(-c2ccc(Cl)c(Sc3ncccc3CN)c2CNC(=O)[C@H](Cc2c[nH]c3ccccc23)N(C)C(=O)[C@H](CN)NC(N)=O)cc1. The molecule has 0 fully saturated rings. The zero-order valence-electron chi connectivity index (χ0n) is 31.5. The number of nitrogens with one attached hydrogen (secondary N) is 4. The van der Waals surface area contributed by atoms with Crippen molar-refractivity contribution in [3.8, 4) is 11.1 Å². The van der Waals surface area contributed by atoms with Gasteiger partial charge in [-0.3, -0.25) is 14.4 Å². The molecule has 10 N–H and O–H groups in total. The van der Waals surface area contributed by atoms with Gasteiger partial charge in [-0.15, -0.1) is 0 Å². The van der Waals surface area contributed by atoms with Gasteiger partial charge in [-0.2, -0.15) is 0 Å². The number of para-hydroxylation sites is 1. The average molecular weight is 799 g/mol. The number of nitrogens with zero attached hydrogens (tertiary/aromatic N) is 3. The summed E-state index contributed by atoms with van der Waals surface area (Å²) in [6.45, 7) is 1.23. The molecular weight excluding hydrogens is 752 g/mol. The number of halogens is 1. The minimum atomic E-state index is -1.15. The Morgan fingerprint density at radius 3 is 2.38 bits per heavy atom. The summed E-state index contributed by atoms with van der Waals surface area (Å²) in [5.74, 6) is -1.24. The molecule has 0 aliphatic rings. The maximum Gasteiger partial charge on any atom is 0.312 e. The normalized spacial score (nSPS) is 12.3. The lowest BCUT2D eigenvalue weighted by molar-refractivity contribution is -0.140. The Morgan fingerprint density at radius 1 is 0.929 bits per heavy atom. The molecule has 2 atom stereocenters. The van der Waals surface area contributed by atoms with Gasteiger partial charge in [-0.25, -0.2) is 9.78 Å². The van der Waals surface area contributed by atoms with Gasteiger partial charge in [-0.1, -0.05) is 65.8 Å². The summed E-state index contributed by atoms with van der Waals surface area (Å²) < 4.78 is 0. The Labute approximate surface area is 334 Å². The highest BCUT2D eigenvalue weighted by Crippen LogP contribution is 2.41. The summed E-state index contributed by atoms with van der Waals surface area (Å²) in [7, 11) is 5.37. The largest absolute Gasteiger partial charge is 0.361 e. The van der Waals surface area contributed by atoms with Gasteiger partial charge in [0.15, 0.2) is 0 Å². The molecule has 0 radical (unpaired) electrons. The zero-order valence-corrected chi connectivity index (χ0v) is 33.0. The van der Waals surface area contributed by atoms with Gasteiger partial charge in [0.05, 0.1) is 5.02 Å². The second-order valence-corrected chi connectivity index (χ2v) is 14.8. The Bertz CT molecular complexity index is 2180. The first-order chi connectivity index (χ1) is 26.9. The standard InChI is InChI=1S/C40H47ClN10O4S/c1-50(2)18-17-45-36(52)25-12-10-24(11-13-25)28-14-15-31(41)35(56-38-26(20-42)7-6-16-46-38)30(28)23-48-37(53)34(51(3)39(54)33(21-43)49-40(44)55)19-27-22-47-32-9-5-4-8-29(27)32/h4-16,22,33-34,47H,17-21,23,42-43H2,1-3H3,(H,45,52)(H,48,53)(H3,44,49,55)/t33-,34-/m0/s1. The number of nitrogens with two attached hydrogens (primary N) is 3. The molecule has 5 amide bonds. The van der Waals surface area contributed by atoms with E-state index in [0.29, 0.717) is 39.2 Å². The fourth-order valence-electron chi connectivity index (χ4n) is 6.22. The van der Waals surface area contributed by atoms with Crippen molar-refractivity contribution in [2.24, 2.45) is 17.2 Å². The average Bonchev–Trinajstić information content (AvgIpc) is 3.61. The molecule has 0 aliphatic carbocycles. The van der Waals surface area contributed by atoms with E-state index in [1.807, 2.05) is 79.8 Å². The van der Waals surface area contributed by atoms with E-state index < -0.39 is 29.9 Å². The number of rotatable bonds is 17. The number of benzene rings is 3. The summed E-state index contributed by atoms with van der Waals surface area (Å²) in [5, 5.41) is 10.4. The first-order valence-electron chi connectivity index (χ1n) is 17.9. The van der Waals surface area contributed by atoms with Crippen LogP contribution in [0.25, 0.3) is 22.0 Å². The molecular formula is C40H47ClN10O4S. The number of aromatic nitrogens is 2.